The van der Waals surface area contributed by atoms with Crippen LogP contribution in [0.25, 0.3) is 0 Å². The maximum atomic E-state index is 10.8. The smallest absolute Gasteiger partial charge is 0.407 e. The van der Waals surface area contributed by atoms with Gasteiger partial charge in [-0.05, 0) is 11.6 Å². The molecule has 1 aromatic rings. The molecule has 1 heterocycles. The third kappa shape index (κ3) is 2.50. The van der Waals surface area contributed by atoms with Crippen LogP contribution in [0, 0.1) is 0 Å². The van der Waals surface area contributed by atoms with Gasteiger partial charge in [-0.1, -0.05) is 18.2 Å². The van der Waals surface area contributed by atoms with Crippen LogP contribution in [-0.4, -0.2) is 42.3 Å². The van der Waals surface area contributed by atoms with E-state index in [-0.39, 0.29) is 0 Å². The number of anilines is 1. The quantitative estimate of drug-likeness (QED) is 0.800. The summed E-state index contributed by atoms with van der Waals surface area (Å²) in [5.74, 6) is 0. The molecule has 0 saturated carbocycles. The average Bonchev–Trinajstić information content (AvgIpc) is 2.39. The van der Waals surface area contributed by atoms with E-state index in [1.54, 1.807) is 0 Å². The first-order valence-electron chi connectivity index (χ1n) is 5.73. The van der Waals surface area contributed by atoms with Crippen LogP contribution in [0.3, 0.4) is 0 Å². The van der Waals surface area contributed by atoms with Gasteiger partial charge >= 0.3 is 6.09 Å². The molecule has 1 amide bonds. The highest BCUT2D eigenvalue weighted by Crippen LogP contribution is 2.21. The fourth-order valence-corrected chi connectivity index (χ4v) is 2.13. The second-order valence-electron chi connectivity index (χ2n) is 4.09. The summed E-state index contributed by atoms with van der Waals surface area (Å²) < 4.78 is 0. The van der Waals surface area contributed by atoms with Crippen LogP contribution in [0.2, 0.25) is 0 Å². The molecule has 92 valence electrons. The van der Waals surface area contributed by atoms with E-state index in [0.29, 0.717) is 19.6 Å². The van der Waals surface area contributed by atoms with E-state index < -0.39 is 6.09 Å². The number of carbonyl (C=O) groups is 1. The molecule has 1 saturated heterocycles. The molecule has 1 aliphatic heterocycles. The number of para-hydroxylation sites is 1. The molecule has 5 heteroatoms. The van der Waals surface area contributed by atoms with Crippen molar-refractivity contribution in [2.24, 2.45) is 5.73 Å². The van der Waals surface area contributed by atoms with E-state index in [4.69, 9.17) is 10.8 Å². The zero-order valence-corrected chi connectivity index (χ0v) is 9.67. The molecule has 1 fully saturated rings. The molecule has 3 N–H and O–H groups in total. The summed E-state index contributed by atoms with van der Waals surface area (Å²) in [5.41, 5.74) is 7.93. The Hall–Kier alpha value is -1.75. The third-order valence-electron chi connectivity index (χ3n) is 3.10. The predicted molar refractivity (Wildman–Crippen MR) is 66.1 cm³/mol. The first-order chi connectivity index (χ1) is 8.22. The average molecular weight is 235 g/mol. The molecule has 5 nitrogen and oxygen atoms in total. The van der Waals surface area contributed by atoms with Gasteiger partial charge in [0.2, 0.25) is 0 Å². The summed E-state index contributed by atoms with van der Waals surface area (Å²) in [6.07, 6.45) is -0.836. The van der Waals surface area contributed by atoms with Crippen molar-refractivity contribution < 1.29 is 9.90 Å². The monoisotopic (exact) mass is 235 g/mol. The number of carboxylic acid groups (broad SMARTS) is 1. The minimum atomic E-state index is -0.836. The lowest BCUT2D eigenvalue weighted by Crippen LogP contribution is -2.48. The van der Waals surface area contributed by atoms with Crippen molar-refractivity contribution in [1.29, 1.82) is 0 Å². The largest absolute Gasteiger partial charge is 0.465 e. The normalized spacial score (nSPS) is 16.1. The lowest BCUT2D eigenvalue weighted by molar-refractivity contribution is 0.142. The van der Waals surface area contributed by atoms with Crippen molar-refractivity contribution in [3.63, 3.8) is 0 Å². The zero-order valence-electron chi connectivity index (χ0n) is 9.67. The summed E-state index contributed by atoms with van der Waals surface area (Å²) in [4.78, 5) is 14.5. The van der Waals surface area contributed by atoms with Gasteiger partial charge in [-0.25, -0.2) is 4.79 Å². The first kappa shape index (κ1) is 11.7. The number of nitrogens with two attached hydrogens (primary N) is 1. The van der Waals surface area contributed by atoms with Gasteiger partial charge in [0.05, 0.1) is 0 Å². The lowest BCUT2D eigenvalue weighted by atomic mass is 10.1. The van der Waals surface area contributed by atoms with E-state index in [1.165, 1.54) is 4.90 Å². The minimum absolute atomic E-state index is 0.509. The topological polar surface area (TPSA) is 69.8 Å². The Kier molecular flexibility index (Phi) is 3.49. The van der Waals surface area contributed by atoms with Gasteiger partial charge in [0.25, 0.3) is 0 Å². The van der Waals surface area contributed by atoms with Crippen molar-refractivity contribution in [2.75, 3.05) is 31.1 Å². The van der Waals surface area contributed by atoms with Crippen LogP contribution in [0.1, 0.15) is 5.56 Å². The zero-order chi connectivity index (χ0) is 12.3. The van der Waals surface area contributed by atoms with Crippen LogP contribution >= 0.6 is 0 Å². The lowest BCUT2D eigenvalue weighted by Gasteiger charge is -2.35. The molecule has 17 heavy (non-hydrogen) atoms. The maximum absolute atomic E-state index is 10.8. The standard InChI is InChI=1S/C12H17N3O2/c13-9-10-3-1-2-4-11(10)14-5-7-15(8-6-14)12(16)17/h1-4H,5-9,13H2,(H,16,17). The van der Waals surface area contributed by atoms with Gasteiger partial charge in [0, 0.05) is 38.4 Å². The first-order valence-corrected chi connectivity index (χ1v) is 5.73. The molecule has 0 bridgehead atoms. The van der Waals surface area contributed by atoms with E-state index in [9.17, 15) is 4.79 Å². The van der Waals surface area contributed by atoms with Crippen LogP contribution in [-0.2, 0) is 6.54 Å². The molecule has 1 aliphatic rings. The van der Waals surface area contributed by atoms with E-state index >= 15 is 0 Å². The molecule has 0 radical (unpaired) electrons. The highest BCUT2D eigenvalue weighted by atomic mass is 16.4. The number of piperazine rings is 1. The fourth-order valence-electron chi connectivity index (χ4n) is 2.13. The highest BCUT2D eigenvalue weighted by molar-refractivity contribution is 5.65. The Bertz CT molecular complexity index is 400. The molecule has 0 unspecified atom stereocenters. The number of rotatable bonds is 2. The molecule has 2 rings (SSSR count). The van der Waals surface area contributed by atoms with Crippen LogP contribution in [0.5, 0.6) is 0 Å². The summed E-state index contributed by atoms with van der Waals surface area (Å²) >= 11 is 0. The fraction of sp³-hybridized carbons (Fsp3) is 0.417. The van der Waals surface area contributed by atoms with Gasteiger partial charge in [0.1, 0.15) is 0 Å². The van der Waals surface area contributed by atoms with Crippen molar-refractivity contribution in [2.45, 2.75) is 6.54 Å². The Morgan fingerprint density at radius 3 is 2.47 bits per heavy atom. The number of hydrogen-bond donors (Lipinski definition) is 2. The molecule has 0 aliphatic carbocycles. The van der Waals surface area contributed by atoms with Crippen molar-refractivity contribution in [3.8, 4) is 0 Å². The second-order valence-corrected chi connectivity index (χ2v) is 4.09. The van der Waals surface area contributed by atoms with Crippen LogP contribution in [0.4, 0.5) is 10.5 Å². The minimum Gasteiger partial charge on any atom is -0.465 e. The second kappa shape index (κ2) is 5.05. The summed E-state index contributed by atoms with van der Waals surface area (Å²) in [6.45, 7) is 3.06. The van der Waals surface area contributed by atoms with Gasteiger partial charge in [-0.15, -0.1) is 0 Å². The molecular weight excluding hydrogens is 218 g/mol. The van der Waals surface area contributed by atoms with Gasteiger partial charge in [0.15, 0.2) is 0 Å². The maximum Gasteiger partial charge on any atom is 0.407 e. The van der Waals surface area contributed by atoms with E-state index in [1.807, 2.05) is 24.3 Å². The van der Waals surface area contributed by atoms with Crippen molar-refractivity contribution in [3.05, 3.63) is 29.8 Å². The van der Waals surface area contributed by atoms with Gasteiger partial charge in [-0.2, -0.15) is 0 Å². The van der Waals surface area contributed by atoms with Crippen molar-refractivity contribution >= 4 is 11.8 Å². The summed E-state index contributed by atoms with van der Waals surface area (Å²) in [6, 6.07) is 8.01. The molecule has 0 spiro atoms. The number of benzene rings is 1. The molecular formula is C12H17N3O2. The van der Waals surface area contributed by atoms with E-state index in [2.05, 4.69) is 4.90 Å². The number of amides is 1. The SMILES string of the molecule is NCc1ccccc1N1CCN(C(=O)O)CC1. The third-order valence-corrected chi connectivity index (χ3v) is 3.10. The molecule has 1 aromatic carbocycles. The predicted octanol–water partition coefficient (Wildman–Crippen LogP) is 0.945. The Balaban J connectivity index is 2.07. The Morgan fingerprint density at radius 2 is 1.88 bits per heavy atom. The number of nitrogens with zero attached hydrogens (tertiary/aromatic N) is 2. The molecule has 0 aromatic heterocycles. The van der Waals surface area contributed by atoms with Crippen LogP contribution in [0.15, 0.2) is 24.3 Å². The highest BCUT2D eigenvalue weighted by Gasteiger charge is 2.21. The van der Waals surface area contributed by atoms with Gasteiger partial charge < -0.3 is 20.6 Å². The van der Waals surface area contributed by atoms with Gasteiger partial charge in [-0.3, -0.25) is 0 Å². The Morgan fingerprint density at radius 1 is 1.24 bits per heavy atom. The van der Waals surface area contributed by atoms with Crippen LogP contribution < -0.4 is 10.6 Å². The Labute approximate surface area is 100 Å². The summed E-state index contributed by atoms with van der Waals surface area (Å²) in [5, 5.41) is 8.88. The van der Waals surface area contributed by atoms with E-state index in [0.717, 1.165) is 24.3 Å². The summed E-state index contributed by atoms with van der Waals surface area (Å²) in [7, 11) is 0. The molecule has 0 atom stereocenters. The number of hydrogen-bond acceptors (Lipinski definition) is 3. The van der Waals surface area contributed by atoms with Crippen molar-refractivity contribution in [1.82, 2.24) is 4.90 Å².